The van der Waals surface area contributed by atoms with Gasteiger partial charge in [0.15, 0.2) is 17.3 Å². The lowest BCUT2D eigenvalue weighted by Gasteiger charge is -2.30. The fourth-order valence-electron chi connectivity index (χ4n) is 8.13. The van der Waals surface area contributed by atoms with Gasteiger partial charge in [-0.15, -0.1) is 12.3 Å². The summed E-state index contributed by atoms with van der Waals surface area (Å²) in [5.74, 6) is -4.24. The standard InChI is InChI=1S/C53H68FN3O11S/c1-7-8-19-47(59)40-22-23-44(54)49(33-40)69(65,66)68-35-53(6,64)50(61)46(29-37(4)5)56-52(63)42(30-39-17-13-10-14-18-39)32-48(60)45(28-36(2)3)55-51(62)41(21-20-38-15-11-9-12-16-38)31-43(58)34-57-24-26-67-27-25-57/h1,9-18,22-23,33,36-37,41-42,45-46,64H,8,19-21,24-32,34-35H2,2-6H3,(H,55,62)(H,56,63)/t41-,42-,45+,46+,53-/m1/s1. The molecular weight excluding hydrogens is 906 g/mol. The lowest BCUT2D eigenvalue weighted by Crippen LogP contribution is -2.54. The van der Waals surface area contributed by atoms with Crippen molar-refractivity contribution in [3.8, 4) is 12.3 Å². The highest BCUT2D eigenvalue weighted by molar-refractivity contribution is 7.86. The summed E-state index contributed by atoms with van der Waals surface area (Å²) in [6, 6.07) is 18.8. The van der Waals surface area contributed by atoms with Crippen LogP contribution in [0.2, 0.25) is 0 Å². The number of rotatable bonds is 29. The van der Waals surface area contributed by atoms with Gasteiger partial charge < -0.3 is 20.5 Å². The predicted molar refractivity (Wildman–Crippen MR) is 259 cm³/mol. The zero-order valence-corrected chi connectivity index (χ0v) is 41.2. The lowest BCUT2D eigenvalue weighted by molar-refractivity contribution is -0.143. The third kappa shape index (κ3) is 18.4. The molecule has 1 fully saturated rings. The fourth-order valence-corrected chi connectivity index (χ4v) is 9.22. The van der Waals surface area contributed by atoms with Gasteiger partial charge in [-0.3, -0.25) is 37.9 Å². The number of aryl methyl sites for hydroxylation is 1. The third-order valence-electron chi connectivity index (χ3n) is 11.9. The van der Waals surface area contributed by atoms with Crippen molar-refractivity contribution in [1.82, 2.24) is 15.5 Å². The van der Waals surface area contributed by atoms with E-state index in [1.165, 1.54) is 0 Å². The van der Waals surface area contributed by atoms with Crippen LogP contribution in [0.15, 0.2) is 83.8 Å². The average molecular weight is 974 g/mol. The van der Waals surface area contributed by atoms with Gasteiger partial charge in [-0.25, -0.2) is 4.39 Å². The fraction of sp³-hybridized carbons (Fsp3) is 0.509. The van der Waals surface area contributed by atoms with E-state index in [0.29, 0.717) is 44.7 Å². The van der Waals surface area contributed by atoms with Gasteiger partial charge in [0.05, 0.1) is 31.8 Å². The van der Waals surface area contributed by atoms with Gasteiger partial charge in [0.1, 0.15) is 28.7 Å². The number of amides is 2. The molecule has 1 aliphatic heterocycles. The Bertz CT molecular complexity index is 2360. The van der Waals surface area contributed by atoms with E-state index in [4.69, 9.17) is 15.3 Å². The monoisotopic (exact) mass is 973 g/mol. The van der Waals surface area contributed by atoms with Gasteiger partial charge in [0.25, 0.3) is 10.1 Å². The van der Waals surface area contributed by atoms with Crippen LogP contribution >= 0.6 is 0 Å². The van der Waals surface area contributed by atoms with Crippen molar-refractivity contribution in [2.75, 3.05) is 39.5 Å². The van der Waals surface area contributed by atoms with Crippen molar-refractivity contribution in [3.63, 3.8) is 0 Å². The summed E-state index contributed by atoms with van der Waals surface area (Å²) in [5, 5.41) is 17.2. The number of terminal acetylenes is 1. The maximum Gasteiger partial charge on any atom is 0.300 e. The minimum atomic E-state index is -4.98. The molecule has 3 N–H and O–H groups in total. The zero-order valence-electron chi connectivity index (χ0n) is 40.4. The molecule has 0 saturated carbocycles. The molecule has 0 aliphatic carbocycles. The van der Waals surface area contributed by atoms with E-state index in [1.807, 2.05) is 49.1 Å². The number of Topliss-reactive ketones (excluding diaryl/α,β-unsaturated/α-hetero) is 4. The van der Waals surface area contributed by atoms with Crippen LogP contribution in [0.4, 0.5) is 4.39 Å². The third-order valence-corrected chi connectivity index (χ3v) is 13.2. The number of nitrogens with one attached hydrogen (secondary N) is 2. The van der Waals surface area contributed by atoms with Gasteiger partial charge in [-0.1, -0.05) is 88.4 Å². The summed E-state index contributed by atoms with van der Waals surface area (Å²) in [5.41, 5.74) is -0.973. The van der Waals surface area contributed by atoms with E-state index in [9.17, 15) is 46.7 Å². The van der Waals surface area contributed by atoms with E-state index >= 15 is 0 Å². The summed E-state index contributed by atoms with van der Waals surface area (Å²) in [6.07, 6.45) is 6.01. The van der Waals surface area contributed by atoms with Crippen molar-refractivity contribution in [2.45, 2.75) is 115 Å². The molecule has 2 amide bonds. The molecular formula is C53H68FN3O11S. The Morgan fingerprint density at radius 3 is 2.03 bits per heavy atom. The molecule has 0 aromatic heterocycles. The molecule has 5 atom stereocenters. The average Bonchev–Trinajstić information content (AvgIpc) is 3.31. The summed E-state index contributed by atoms with van der Waals surface area (Å²) in [7, 11) is -4.98. The second-order valence-electron chi connectivity index (χ2n) is 18.9. The van der Waals surface area contributed by atoms with Gasteiger partial charge in [0.2, 0.25) is 11.8 Å². The smallest absolute Gasteiger partial charge is 0.300 e. The summed E-state index contributed by atoms with van der Waals surface area (Å²) in [4.78, 5) is 84.2. The molecule has 4 rings (SSSR count). The molecule has 16 heteroatoms. The molecule has 1 heterocycles. The quantitative estimate of drug-likeness (QED) is 0.0425. The number of ether oxygens (including phenoxy) is 1. The highest BCUT2D eigenvalue weighted by Crippen LogP contribution is 2.25. The first kappa shape index (κ1) is 56.2. The lowest BCUT2D eigenvalue weighted by atomic mass is 9.86. The van der Waals surface area contributed by atoms with E-state index in [-0.39, 0.29) is 74.7 Å². The molecule has 69 heavy (non-hydrogen) atoms. The predicted octanol–water partition coefficient (Wildman–Crippen LogP) is 5.87. The number of hydrogen-bond acceptors (Lipinski definition) is 12. The van der Waals surface area contributed by atoms with Crippen LogP contribution in [-0.4, -0.2) is 111 Å². The molecule has 0 bridgehead atoms. The molecule has 3 aromatic rings. The summed E-state index contributed by atoms with van der Waals surface area (Å²) < 4.78 is 51.9. The first-order valence-corrected chi connectivity index (χ1v) is 25.0. The van der Waals surface area contributed by atoms with Crippen LogP contribution in [0, 0.1) is 41.8 Å². The van der Waals surface area contributed by atoms with E-state index in [2.05, 4.69) is 16.6 Å². The molecule has 0 unspecified atom stereocenters. The largest absolute Gasteiger partial charge is 0.380 e. The Morgan fingerprint density at radius 1 is 0.841 bits per heavy atom. The van der Waals surface area contributed by atoms with Gasteiger partial charge in [-0.2, -0.15) is 8.42 Å². The van der Waals surface area contributed by atoms with Crippen molar-refractivity contribution < 1.29 is 55.6 Å². The van der Waals surface area contributed by atoms with Crippen LogP contribution in [0.1, 0.15) is 101 Å². The minimum Gasteiger partial charge on any atom is -0.380 e. The second-order valence-corrected chi connectivity index (χ2v) is 20.5. The van der Waals surface area contributed by atoms with E-state index in [1.54, 1.807) is 44.2 Å². The van der Waals surface area contributed by atoms with Gasteiger partial charge in [-0.05, 0) is 80.2 Å². The Hall–Kier alpha value is -5.44. The molecule has 14 nitrogen and oxygen atoms in total. The number of aliphatic hydroxyl groups is 1. The Morgan fingerprint density at radius 2 is 1.42 bits per heavy atom. The van der Waals surface area contributed by atoms with Crippen molar-refractivity contribution in [3.05, 3.63) is 101 Å². The number of nitrogens with zero attached hydrogens (tertiary/aromatic N) is 1. The Labute approximate surface area is 406 Å². The second kappa shape index (κ2) is 27.1. The van der Waals surface area contributed by atoms with Crippen molar-refractivity contribution >= 4 is 45.1 Å². The molecule has 3 aromatic carbocycles. The highest BCUT2D eigenvalue weighted by atomic mass is 32.2. The van der Waals surface area contributed by atoms with Crippen LogP contribution in [0.25, 0.3) is 0 Å². The zero-order chi connectivity index (χ0) is 50.7. The minimum absolute atomic E-state index is 0.00339. The first-order valence-electron chi connectivity index (χ1n) is 23.6. The molecule has 0 radical (unpaired) electrons. The summed E-state index contributed by atoms with van der Waals surface area (Å²) >= 11 is 0. The Kier molecular flexibility index (Phi) is 22.0. The van der Waals surface area contributed by atoms with E-state index < -0.39 is 86.1 Å². The van der Waals surface area contributed by atoms with Gasteiger partial charge in [0, 0.05) is 56.2 Å². The van der Waals surface area contributed by atoms with Crippen LogP contribution < -0.4 is 10.6 Å². The van der Waals surface area contributed by atoms with Crippen LogP contribution in [0.3, 0.4) is 0 Å². The first-order chi connectivity index (χ1) is 32.7. The number of carbonyl (C=O) groups excluding carboxylic acids is 6. The van der Waals surface area contributed by atoms with Crippen LogP contribution in [-0.2, 0) is 55.9 Å². The number of hydrogen-bond donors (Lipinski definition) is 3. The molecule has 1 aliphatic rings. The highest BCUT2D eigenvalue weighted by Gasteiger charge is 2.41. The normalized spacial score (nSPS) is 15.8. The number of morpholine rings is 1. The van der Waals surface area contributed by atoms with Crippen molar-refractivity contribution in [2.24, 2.45) is 23.7 Å². The van der Waals surface area contributed by atoms with Crippen molar-refractivity contribution in [1.29, 1.82) is 0 Å². The number of halogens is 1. The Balaban J connectivity index is 1.55. The van der Waals surface area contributed by atoms with E-state index in [0.717, 1.165) is 30.7 Å². The maximum atomic E-state index is 14.9. The topological polar surface area (TPSA) is 203 Å². The number of carbonyl (C=O) groups is 6. The van der Waals surface area contributed by atoms with Gasteiger partial charge >= 0.3 is 0 Å². The summed E-state index contributed by atoms with van der Waals surface area (Å²) in [6.45, 7) is 9.63. The number of benzene rings is 3. The molecule has 0 spiro atoms. The molecule has 1 saturated heterocycles. The SMILES string of the molecule is C#CCCC(=O)c1ccc(F)c(S(=O)(=O)OC[C@@](C)(O)C(=O)[C@H](CC(C)C)NC(=O)[C@@H](CC(=O)[C@H](CC(C)C)NC(=O)[C@H](CCc2ccccc2)CC(=O)CN2CCOCC2)Cc2ccccc2)c1. The maximum absolute atomic E-state index is 14.9. The number of ketones is 4. The van der Waals surface area contributed by atoms with Crippen LogP contribution in [0.5, 0.6) is 0 Å². The molecule has 374 valence electrons.